The van der Waals surface area contributed by atoms with Crippen LogP contribution in [0, 0.1) is 0 Å². The average molecular weight is 230 g/mol. The van der Waals surface area contributed by atoms with Gasteiger partial charge >= 0.3 is 0 Å². The third-order valence-corrected chi connectivity index (χ3v) is 3.43. The van der Waals surface area contributed by atoms with E-state index in [1.165, 1.54) is 29.8 Å². The first kappa shape index (κ1) is 10.6. The molecule has 1 saturated heterocycles. The summed E-state index contributed by atoms with van der Waals surface area (Å²) in [5, 5.41) is 8.10. The predicted molar refractivity (Wildman–Crippen MR) is 67.8 cm³/mol. The fraction of sp³-hybridized carbons (Fsp3) is 0.462. The van der Waals surface area contributed by atoms with Gasteiger partial charge in [0.25, 0.3) is 0 Å². The standard InChI is InChI=1S/C13H18N4/c1-17-9-11(12-5-3-7-15-12)13(16-17)10-4-2-6-14-8-10/h3,5,7,9-10,14-15H,2,4,6,8H2,1H3. The van der Waals surface area contributed by atoms with Gasteiger partial charge in [-0.1, -0.05) is 0 Å². The molecule has 3 rings (SSSR count). The number of aromatic amines is 1. The van der Waals surface area contributed by atoms with E-state index in [0.717, 1.165) is 13.1 Å². The smallest absolute Gasteiger partial charge is 0.0761 e. The van der Waals surface area contributed by atoms with Gasteiger partial charge in [0.15, 0.2) is 0 Å². The molecule has 1 aliphatic heterocycles. The summed E-state index contributed by atoms with van der Waals surface area (Å²) < 4.78 is 1.92. The van der Waals surface area contributed by atoms with Crippen LogP contribution < -0.4 is 5.32 Å². The van der Waals surface area contributed by atoms with Gasteiger partial charge in [-0.05, 0) is 31.5 Å². The predicted octanol–water partition coefficient (Wildman–Crippen LogP) is 1.88. The van der Waals surface area contributed by atoms with Crippen molar-refractivity contribution in [2.45, 2.75) is 18.8 Å². The minimum atomic E-state index is 0.545. The second kappa shape index (κ2) is 4.37. The van der Waals surface area contributed by atoms with Gasteiger partial charge < -0.3 is 10.3 Å². The molecule has 4 heteroatoms. The molecule has 0 bridgehead atoms. The zero-order valence-corrected chi connectivity index (χ0v) is 10.1. The van der Waals surface area contributed by atoms with Crippen molar-refractivity contribution in [2.24, 2.45) is 7.05 Å². The molecule has 2 N–H and O–H groups in total. The van der Waals surface area contributed by atoms with Gasteiger partial charge in [-0.25, -0.2) is 0 Å². The Kier molecular flexibility index (Phi) is 2.73. The fourth-order valence-corrected chi connectivity index (χ4v) is 2.60. The van der Waals surface area contributed by atoms with Crippen LogP contribution in [0.2, 0.25) is 0 Å². The lowest BCUT2D eigenvalue weighted by atomic mass is 9.93. The SMILES string of the molecule is Cn1cc(-c2ccc[nH]2)c(C2CCCNC2)n1. The summed E-state index contributed by atoms with van der Waals surface area (Å²) in [4.78, 5) is 3.27. The lowest BCUT2D eigenvalue weighted by Crippen LogP contribution is -2.28. The molecule has 2 aromatic heterocycles. The Balaban J connectivity index is 1.98. The Bertz CT molecular complexity index is 477. The van der Waals surface area contributed by atoms with Crippen molar-refractivity contribution >= 4 is 0 Å². The monoisotopic (exact) mass is 230 g/mol. The molecule has 1 fully saturated rings. The second-order valence-corrected chi connectivity index (χ2v) is 4.73. The molecule has 0 saturated carbocycles. The topological polar surface area (TPSA) is 45.6 Å². The Hall–Kier alpha value is -1.55. The molecule has 1 aliphatic rings. The molecule has 4 nitrogen and oxygen atoms in total. The summed E-state index contributed by atoms with van der Waals surface area (Å²) in [7, 11) is 1.99. The van der Waals surface area contributed by atoms with Crippen LogP contribution in [0.4, 0.5) is 0 Å². The van der Waals surface area contributed by atoms with Crippen molar-refractivity contribution in [3.8, 4) is 11.3 Å². The van der Waals surface area contributed by atoms with Gasteiger partial charge in [-0.15, -0.1) is 0 Å². The number of hydrogen-bond acceptors (Lipinski definition) is 2. The van der Waals surface area contributed by atoms with E-state index < -0.39 is 0 Å². The van der Waals surface area contributed by atoms with E-state index in [-0.39, 0.29) is 0 Å². The zero-order valence-electron chi connectivity index (χ0n) is 10.1. The summed E-state index contributed by atoms with van der Waals surface area (Å²) in [6.45, 7) is 2.19. The molecule has 2 aromatic rings. The van der Waals surface area contributed by atoms with E-state index in [9.17, 15) is 0 Å². The van der Waals surface area contributed by atoms with E-state index in [1.54, 1.807) is 0 Å². The Morgan fingerprint density at radius 3 is 3.12 bits per heavy atom. The summed E-state index contributed by atoms with van der Waals surface area (Å²) in [5.74, 6) is 0.545. The van der Waals surface area contributed by atoms with Gasteiger partial charge in [0, 0.05) is 43.2 Å². The highest BCUT2D eigenvalue weighted by molar-refractivity contribution is 5.62. The van der Waals surface area contributed by atoms with E-state index in [4.69, 9.17) is 0 Å². The molecule has 0 radical (unpaired) electrons. The van der Waals surface area contributed by atoms with Gasteiger partial charge in [0.2, 0.25) is 0 Å². The Labute approximate surface area is 101 Å². The average Bonchev–Trinajstić information content (AvgIpc) is 2.98. The van der Waals surface area contributed by atoms with Crippen molar-refractivity contribution in [3.63, 3.8) is 0 Å². The maximum atomic E-state index is 4.65. The molecule has 1 unspecified atom stereocenters. The van der Waals surface area contributed by atoms with E-state index in [1.807, 2.05) is 24.0 Å². The minimum absolute atomic E-state index is 0.545. The summed E-state index contributed by atoms with van der Waals surface area (Å²) in [6, 6.07) is 4.14. The molecule has 0 aromatic carbocycles. The Morgan fingerprint density at radius 1 is 1.47 bits per heavy atom. The quantitative estimate of drug-likeness (QED) is 0.827. The molecule has 3 heterocycles. The summed E-state index contributed by atoms with van der Waals surface area (Å²) in [5.41, 5.74) is 3.63. The normalized spacial score (nSPS) is 20.6. The lowest BCUT2D eigenvalue weighted by molar-refractivity contribution is 0.452. The van der Waals surface area contributed by atoms with Crippen molar-refractivity contribution in [2.75, 3.05) is 13.1 Å². The highest BCUT2D eigenvalue weighted by atomic mass is 15.3. The molecule has 0 spiro atoms. The van der Waals surface area contributed by atoms with Gasteiger partial charge in [-0.2, -0.15) is 5.10 Å². The summed E-state index contributed by atoms with van der Waals surface area (Å²) in [6.07, 6.45) is 6.55. The van der Waals surface area contributed by atoms with Crippen LogP contribution >= 0.6 is 0 Å². The van der Waals surface area contributed by atoms with Crippen LogP contribution in [-0.4, -0.2) is 27.9 Å². The Morgan fingerprint density at radius 2 is 2.41 bits per heavy atom. The first-order valence-electron chi connectivity index (χ1n) is 6.22. The summed E-state index contributed by atoms with van der Waals surface area (Å²) >= 11 is 0. The van der Waals surface area contributed by atoms with Crippen LogP contribution in [0.5, 0.6) is 0 Å². The van der Waals surface area contributed by atoms with Crippen LogP contribution in [0.3, 0.4) is 0 Å². The second-order valence-electron chi connectivity index (χ2n) is 4.73. The highest BCUT2D eigenvalue weighted by Gasteiger charge is 2.22. The van der Waals surface area contributed by atoms with Crippen molar-refractivity contribution in [3.05, 3.63) is 30.2 Å². The number of nitrogens with zero attached hydrogens (tertiary/aromatic N) is 2. The molecule has 0 aliphatic carbocycles. The first-order valence-corrected chi connectivity index (χ1v) is 6.22. The number of rotatable bonds is 2. The zero-order chi connectivity index (χ0) is 11.7. The molecule has 17 heavy (non-hydrogen) atoms. The van der Waals surface area contributed by atoms with Crippen LogP contribution in [0.15, 0.2) is 24.5 Å². The largest absolute Gasteiger partial charge is 0.361 e. The maximum absolute atomic E-state index is 4.65. The van der Waals surface area contributed by atoms with E-state index in [0.29, 0.717) is 5.92 Å². The van der Waals surface area contributed by atoms with Crippen LogP contribution in [0.25, 0.3) is 11.3 Å². The van der Waals surface area contributed by atoms with Crippen molar-refractivity contribution < 1.29 is 0 Å². The van der Waals surface area contributed by atoms with Gasteiger partial charge in [0.1, 0.15) is 0 Å². The van der Waals surface area contributed by atoms with Crippen LogP contribution in [0.1, 0.15) is 24.5 Å². The number of aromatic nitrogens is 3. The third-order valence-electron chi connectivity index (χ3n) is 3.43. The number of nitrogens with one attached hydrogen (secondary N) is 2. The highest BCUT2D eigenvalue weighted by Crippen LogP contribution is 2.30. The lowest BCUT2D eigenvalue weighted by Gasteiger charge is -2.21. The molecular formula is C13H18N4. The third kappa shape index (κ3) is 2.00. The van der Waals surface area contributed by atoms with Gasteiger partial charge in [0.05, 0.1) is 5.69 Å². The van der Waals surface area contributed by atoms with Crippen molar-refractivity contribution in [1.82, 2.24) is 20.1 Å². The molecule has 1 atom stereocenters. The first-order chi connectivity index (χ1) is 8.34. The van der Waals surface area contributed by atoms with E-state index >= 15 is 0 Å². The molecular weight excluding hydrogens is 212 g/mol. The number of piperidine rings is 1. The molecule has 90 valence electrons. The van der Waals surface area contributed by atoms with E-state index in [2.05, 4.69) is 27.7 Å². The molecule has 0 amide bonds. The maximum Gasteiger partial charge on any atom is 0.0761 e. The van der Waals surface area contributed by atoms with Crippen molar-refractivity contribution in [1.29, 1.82) is 0 Å². The fourth-order valence-electron chi connectivity index (χ4n) is 2.60. The number of H-pyrrole nitrogens is 1. The van der Waals surface area contributed by atoms with Crippen LogP contribution in [-0.2, 0) is 7.05 Å². The van der Waals surface area contributed by atoms with Gasteiger partial charge in [-0.3, -0.25) is 4.68 Å². The number of aryl methyl sites for hydroxylation is 1. The minimum Gasteiger partial charge on any atom is -0.361 e. The number of hydrogen-bond donors (Lipinski definition) is 2.